The molecule has 2 rings (SSSR count). The minimum Gasteiger partial charge on any atom is -0.391 e. The standard InChI is InChI=1S/C12H20N4O3S/c1-9-4-5-13-12(14-9)16-6-10(11(17)7-16)8-20(18,19)15(2)3/h4-5,10-11,17H,6-8H2,1-3H3/t10-,11+/m0/s1. The molecular formula is C12H20N4O3S. The van der Waals surface area contributed by atoms with Crippen LogP contribution in [0, 0.1) is 12.8 Å². The number of aliphatic hydroxyl groups excluding tert-OH is 1. The second kappa shape index (κ2) is 5.63. The predicted molar refractivity (Wildman–Crippen MR) is 76.0 cm³/mol. The highest BCUT2D eigenvalue weighted by Crippen LogP contribution is 2.23. The molecule has 0 aliphatic carbocycles. The van der Waals surface area contributed by atoms with Crippen LogP contribution in [0.25, 0.3) is 0 Å². The van der Waals surface area contributed by atoms with Crippen molar-refractivity contribution in [3.63, 3.8) is 0 Å². The van der Waals surface area contributed by atoms with Crippen molar-refractivity contribution in [3.8, 4) is 0 Å². The Hall–Kier alpha value is -1.25. The maximum atomic E-state index is 11.9. The Morgan fingerprint density at radius 2 is 2.15 bits per heavy atom. The molecule has 112 valence electrons. The van der Waals surface area contributed by atoms with Crippen LogP contribution in [-0.2, 0) is 10.0 Å². The van der Waals surface area contributed by atoms with Gasteiger partial charge in [-0.05, 0) is 13.0 Å². The van der Waals surface area contributed by atoms with E-state index in [1.54, 1.807) is 12.3 Å². The fraction of sp³-hybridized carbons (Fsp3) is 0.667. The smallest absolute Gasteiger partial charge is 0.225 e. The van der Waals surface area contributed by atoms with Crippen molar-refractivity contribution in [3.05, 3.63) is 18.0 Å². The maximum Gasteiger partial charge on any atom is 0.225 e. The number of β-amino-alcohol motifs (C(OH)–C–C–N with tert-alkyl or cyclic N) is 1. The van der Waals surface area contributed by atoms with Gasteiger partial charge in [-0.25, -0.2) is 22.7 Å². The summed E-state index contributed by atoms with van der Waals surface area (Å²) >= 11 is 0. The zero-order chi connectivity index (χ0) is 14.9. The van der Waals surface area contributed by atoms with E-state index in [0.29, 0.717) is 19.0 Å². The van der Waals surface area contributed by atoms with Gasteiger partial charge in [-0.2, -0.15) is 0 Å². The van der Waals surface area contributed by atoms with Crippen molar-refractivity contribution in [1.29, 1.82) is 0 Å². The number of hydrogen-bond acceptors (Lipinski definition) is 6. The van der Waals surface area contributed by atoms with E-state index in [1.807, 2.05) is 11.8 Å². The summed E-state index contributed by atoms with van der Waals surface area (Å²) < 4.78 is 25.0. The van der Waals surface area contributed by atoms with Gasteiger partial charge in [-0.1, -0.05) is 0 Å². The lowest BCUT2D eigenvalue weighted by atomic mass is 10.1. The van der Waals surface area contributed by atoms with E-state index >= 15 is 0 Å². The number of anilines is 1. The number of aromatic nitrogens is 2. The van der Waals surface area contributed by atoms with E-state index in [-0.39, 0.29) is 11.7 Å². The van der Waals surface area contributed by atoms with Crippen LogP contribution in [0.4, 0.5) is 5.95 Å². The minimum absolute atomic E-state index is 0.0660. The van der Waals surface area contributed by atoms with Crippen molar-refractivity contribution < 1.29 is 13.5 Å². The summed E-state index contributed by atoms with van der Waals surface area (Å²) in [4.78, 5) is 10.3. The largest absolute Gasteiger partial charge is 0.391 e. The first-order valence-corrected chi connectivity index (χ1v) is 8.03. The lowest BCUT2D eigenvalue weighted by Gasteiger charge is -2.18. The first kappa shape index (κ1) is 15.1. The van der Waals surface area contributed by atoms with Crippen LogP contribution in [-0.4, -0.2) is 66.8 Å². The Morgan fingerprint density at radius 1 is 1.45 bits per heavy atom. The number of rotatable bonds is 4. The van der Waals surface area contributed by atoms with Gasteiger partial charge in [0.2, 0.25) is 16.0 Å². The summed E-state index contributed by atoms with van der Waals surface area (Å²) in [6, 6.07) is 1.80. The number of sulfonamides is 1. The maximum absolute atomic E-state index is 11.9. The molecule has 0 amide bonds. The van der Waals surface area contributed by atoms with E-state index in [4.69, 9.17) is 0 Å². The van der Waals surface area contributed by atoms with Gasteiger partial charge >= 0.3 is 0 Å². The van der Waals surface area contributed by atoms with Crippen LogP contribution < -0.4 is 4.90 Å². The summed E-state index contributed by atoms with van der Waals surface area (Å²) in [6.07, 6.45) is 0.974. The molecule has 1 N–H and O–H groups in total. The molecule has 8 heteroatoms. The molecule has 7 nitrogen and oxygen atoms in total. The van der Waals surface area contributed by atoms with E-state index < -0.39 is 16.1 Å². The average Bonchev–Trinajstić information content (AvgIpc) is 2.70. The molecule has 0 unspecified atom stereocenters. The molecule has 0 bridgehead atoms. The van der Waals surface area contributed by atoms with E-state index in [0.717, 1.165) is 5.69 Å². The van der Waals surface area contributed by atoms with Crippen molar-refractivity contribution in [2.24, 2.45) is 5.92 Å². The minimum atomic E-state index is -3.32. The van der Waals surface area contributed by atoms with Gasteiger partial charge < -0.3 is 10.0 Å². The second-order valence-corrected chi connectivity index (χ2v) is 7.52. The van der Waals surface area contributed by atoms with Gasteiger partial charge in [0.1, 0.15) is 0 Å². The Morgan fingerprint density at radius 3 is 2.75 bits per heavy atom. The average molecular weight is 300 g/mol. The third-order valence-electron chi connectivity index (χ3n) is 3.45. The summed E-state index contributed by atoms with van der Waals surface area (Å²) in [6.45, 7) is 2.67. The molecule has 1 aromatic rings. The normalized spacial score (nSPS) is 23.6. The van der Waals surface area contributed by atoms with E-state index in [1.165, 1.54) is 18.4 Å². The number of aliphatic hydroxyl groups is 1. The molecule has 20 heavy (non-hydrogen) atoms. The quantitative estimate of drug-likeness (QED) is 0.805. The lowest BCUT2D eigenvalue weighted by Crippen LogP contribution is -2.33. The van der Waals surface area contributed by atoms with E-state index in [2.05, 4.69) is 9.97 Å². The zero-order valence-corrected chi connectivity index (χ0v) is 12.7. The number of aryl methyl sites for hydroxylation is 1. The second-order valence-electron chi connectivity index (χ2n) is 5.29. The Bertz CT molecular complexity index is 576. The van der Waals surface area contributed by atoms with Gasteiger partial charge in [-0.3, -0.25) is 0 Å². The molecule has 2 atom stereocenters. The highest BCUT2D eigenvalue weighted by molar-refractivity contribution is 7.89. The molecule has 1 aliphatic rings. The summed E-state index contributed by atoms with van der Waals surface area (Å²) in [5, 5.41) is 10.1. The fourth-order valence-electron chi connectivity index (χ4n) is 2.19. The molecule has 1 aliphatic heterocycles. The van der Waals surface area contributed by atoms with Crippen LogP contribution in [0.1, 0.15) is 5.69 Å². The first-order chi connectivity index (χ1) is 9.29. The van der Waals surface area contributed by atoms with Gasteiger partial charge in [-0.15, -0.1) is 0 Å². The van der Waals surface area contributed by atoms with Crippen LogP contribution >= 0.6 is 0 Å². The molecule has 0 saturated carbocycles. The molecule has 1 fully saturated rings. The molecule has 0 spiro atoms. The van der Waals surface area contributed by atoms with Crippen LogP contribution in [0.3, 0.4) is 0 Å². The highest BCUT2D eigenvalue weighted by atomic mass is 32.2. The molecule has 0 radical (unpaired) electrons. The molecule has 1 aromatic heterocycles. The van der Waals surface area contributed by atoms with Crippen LogP contribution in [0.2, 0.25) is 0 Å². The third-order valence-corrected chi connectivity index (χ3v) is 5.41. The Kier molecular flexibility index (Phi) is 4.26. The lowest BCUT2D eigenvalue weighted by molar-refractivity contribution is 0.157. The first-order valence-electron chi connectivity index (χ1n) is 6.42. The van der Waals surface area contributed by atoms with Crippen molar-refractivity contribution in [2.75, 3.05) is 37.8 Å². The van der Waals surface area contributed by atoms with Crippen LogP contribution in [0.5, 0.6) is 0 Å². The van der Waals surface area contributed by atoms with Gasteiger partial charge in [0.25, 0.3) is 0 Å². The summed E-state index contributed by atoms with van der Waals surface area (Å²) in [5.41, 5.74) is 0.842. The molecule has 1 saturated heterocycles. The van der Waals surface area contributed by atoms with Gasteiger partial charge in [0, 0.05) is 45.0 Å². The fourth-order valence-corrected chi connectivity index (χ4v) is 3.36. The molecular weight excluding hydrogens is 280 g/mol. The zero-order valence-electron chi connectivity index (χ0n) is 11.9. The summed E-state index contributed by atoms with van der Waals surface area (Å²) in [7, 11) is -0.326. The SMILES string of the molecule is Cc1ccnc(N2C[C@@H](CS(=O)(=O)N(C)C)[C@H](O)C2)n1. The van der Waals surface area contributed by atoms with Gasteiger partial charge in [0.15, 0.2) is 0 Å². The Balaban J connectivity index is 2.10. The molecule has 0 aromatic carbocycles. The van der Waals surface area contributed by atoms with Crippen LogP contribution in [0.15, 0.2) is 12.3 Å². The Labute approximate surface area is 119 Å². The monoisotopic (exact) mass is 300 g/mol. The van der Waals surface area contributed by atoms with Crippen molar-refractivity contribution in [2.45, 2.75) is 13.0 Å². The highest BCUT2D eigenvalue weighted by Gasteiger charge is 2.36. The van der Waals surface area contributed by atoms with Gasteiger partial charge in [0.05, 0.1) is 11.9 Å². The van der Waals surface area contributed by atoms with Crippen molar-refractivity contribution in [1.82, 2.24) is 14.3 Å². The molecule has 2 heterocycles. The summed E-state index contributed by atoms with van der Waals surface area (Å²) in [5.74, 6) is 0.143. The van der Waals surface area contributed by atoms with Crippen molar-refractivity contribution >= 4 is 16.0 Å². The number of hydrogen-bond donors (Lipinski definition) is 1. The third kappa shape index (κ3) is 3.25. The topological polar surface area (TPSA) is 86.6 Å². The predicted octanol–water partition coefficient (Wildman–Crippen LogP) is -0.526. The number of nitrogens with zero attached hydrogens (tertiary/aromatic N) is 4. The van der Waals surface area contributed by atoms with E-state index in [9.17, 15) is 13.5 Å².